The van der Waals surface area contributed by atoms with Gasteiger partial charge in [0.25, 0.3) is 0 Å². The van der Waals surface area contributed by atoms with Gasteiger partial charge in [-0.1, -0.05) is 12.1 Å². The van der Waals surface area contributed by atoms with E-state index in [0.717, 1.165) is 46.7 Å². The van der Waals surface area contributed by atoms with Crippen molar-refractivity contribution in [1.82, 2.24) is 15.0 Å². The van der Waals surface area contributed by atoms with Crippen molar-refractivity contribution in [1.29, 1.82) is 0 Å². The van der Waals surface area contributed by atoms with E-state index in [0.29, 0.717) is 11.5 Å². The molecule has 1 fully saturated rings. The van der Waals surface area contributed by atoms with E-state index >= 15 is 0 Å². The Balaban J connectivity index is 1.43. The van der Waals surface area contributed by atoms with Gasteiger partial charge in [-0.15, -0.1) is 5.10 Å². The number of fused-ring (bicyclic) bond motifs is 3. The van der Waals surface area contributed by atoms with Gasteiger partial charge in [0, 0.05) is 17.5 Å². The molecule has 2 heterocycles. The first kappa shape index (κ1) is 22.3. The third-order valence-corrected chi connectivity index (χ3v) is 7.19. The summed E-state index contributed by atoms with van der Waals surface area (Å²) in [5.41, 5.74) is 6.18. The molecule has 1 aliphatic carbocycles. The molecule has 0 unspecified atom stereocenters. The minimum atomic E-state index is -0.188. The molecule has 0 amide bonds. The molecule has 0 saturated carbocycles. The lowest BCUT2D eigenvalue weighted by Gasteiger charge is -2.31. The molecule has 3 atom stereocenters. The fourth-order valence-corrected chi connectivity index (χ4v) is 5.25. The molecule has 0 N–H and O–H groups in total. The number of aromatic nitrogens is 3. The summed E-state index contributed by atoms with van der Waals surface area (Å²) in [5.74, 6) is 2.10. The summed E-state index contributed by atoms with van der Waals surface area (Å²) in [6.07, 6.45) is 3.43. The number of rotatable bonds is 6. The molecular formula is C26H29N3O5. The van der Waals surface area contributed by atoms with Crippen molar-refractivity contribution in [3.05, 3.63) is 58.4 Å². The first-order valence-electron chi connectivity index (χ1n) is 11.5. The van der Waals surface area contributed by atoms with E-state index in [1.54, 1.807) is 25.1 Å². The van der Waals surface area contributed by atoms with Crippen LogP contribution in [0.25, 0.3) is 5.69 Å². The fourth-order valence-electron chi connectivity index (χ4n) is 5.25. The Bertz CT molecular complexity index is 1250. The van der Waals surface area contributed by atoms with Crippen molar-refractivity contribution in [2.75, 3.05) is 14.2 Å². The molecule has 1 aliphatic heterocycles. The maximum absolute atomic E-state index is 12.3. The molecule has 8 nitrogen and oxygen atoms in total. The average molecular weight is 464 g/mol. The zero-order valence-corrected chi connectivity index (χ0v) is 20.1. The van der Waals surface area contributed by atoms with E-state index in [1.165, 1.54) is 5.56 Å². The number of carbonyl (C=O) groups excluding carboxylic acids is 1. The quantitative estimate of drug-likeness (QED) is 0.505. The van der Waals surface area contributed by atoms with Gasteiger partial charge in [0.05, 0.1) is 32.0 Å². The summed E-state index contributed by atoms with van der Waals surface area (Å²) in [6, 6.07) is 7.65. The lowest BCUT2D eigenvalue weighted by molar-refractivity contribution is -0.144. The van der Waals surface area contributed by atoms with Gasteiger partial charge in [-0.3, -0.25) is 4.79 Å². The van der Waals surface area contributed by atoms with E-state index in [9.17, 15) is 4.79 Å². The molecule has 2 aromatic carbocycles. The normalized spacial score (nSPS) is 21.0. The zero-order valence-electron chi connectivity index (χ0n) is 20.1. The van der Waals surface area contributed by atoms with Crippen molar-refractivity contribution in [3.8, 4) is 22.9 Å². The number of hydrogen-bond donors (Lipinski definition) is 0. The Kier molecular flexibility index (Phi) is 5.67. The molecule has 0 bridgehead atoms. The largest absolute Gasteiger partial charge is 0.493 e. The van der Waals surface area contributed by atoms with Crippen LogP contribution < -0.4 is 14.2 Å². The van der Waals surface area contributed by atoms with Crippen molar-refractivity contribution in [3.63, 3.8) is 0 Å². The Labute approximate surface area is 198 Å². The van der Waals surface area contributed by atoms with Crippen LogP contribution in [0.1, 0.15) is 47.4 Å². The minimum absolute atomic E-state index is 0.0654. The first-order chi connectivity index (χ1) is 16.4. The van der Waals surface area contributed by atoms with Crippen molar-refractivity contribution < 1.29 is 23.7 Å². The van der Waals surface area contributed by atoms with Crippen molar-refractivity contribution >= 4 is 5.97 Å². The average Bonchev–Trinajstić information content (AvgIpc) is 3.43. The Morgan fingerprint density at radius 3 is 2.68 bits per heavy atom. The van der Waals surface area contributed by atoms with E-state index in [-0.39, 0.29) is 30.5 Å². The molecule has 8 heteroatoms. The van der Waals surface area contributed by atoms with Crippen molar-refractivity contribution in [2.24, 2.45) is 11.8 Å². The summed E-state index contributed by atoms with van der Waals surface area (Å²) in [7, 11) is 3.20. The van der Waals surface area contributed by atoms with Crippen LogP contribution in [0.4, 0.5) is 0 Å². The monoisotopic (exact) mass is 463 g/mol. The van der Waals surface area contributed by atoms with Crippen LogP contribution >= 0.6 is 0 Å². The highest BCUT2D eigenvalue weighted by molar-refractivity contribution is 5.76. The number of esters is 1. The molecule has 1 saturated heterocycles. The van der Waals surface area contributed by atoms with Crippen LogP contribution in [0.2, 0.25) is 0 Å². The summed E-state index contributed by atoms with van der Waals surface area (Å²) in [4.78, 5) is 12.3. The maximum Gasteiger partial charge on any atom is 0.309 e. The third kappa shape index (κ3) is 3.57. The summed E-state index contributed by atoms with van der Waals surface area (Å²) in [6.45, 7) is 6.41. The van der Waals surface area contributed by atoms with Gasteiger partial charge in [-0.2, -0.15) is 0 Å². The van der Waals surface area contributed by atoms with Crippen LogP contribution in [0.15, 0.2) is 30.5 Å². The second kappa shape index (κ2) is 8.66. The number of ether oxygens (including phenoxy) is 4. The summed E-state index contributed by atoms with van der Waals surface area (Å²) in [5, 5.41) is 8.32. The van der Waals surface area contributed by atoms with Gasteiger partial charge < -0.3 is 18.9 Å². The van der Waals surface area contributed by atoms with Gasteiger partial charge in [0.15, 0.2) is 11.5 Å². The third-order valence-electron chi connectivity index (χ3n) is 7.19. The lowest BCUT2D eigenvalue weighted by Crippen LogP contribution is -2.22. The van der Waals surface area contributed by atoms with E-state index in [1.807, 2.05) is 25.1 Å². The van der Waals surface area contributed by atoms with E-state index in [2.05, 4.69) is 30.2 Å². The molecule has 178 valence electrons. The maximum atomic E-state index is 12.3. The summed E-state index contributed by atoms with van der Waals surface area (Å²) >= 11 is 0. The van der Waals surface area contributed by atoms with Crippen LogP contribution in [-0.4, -0.2) is 35.2 Å². The molecule has 5 rings (SSSR count). The minimum Gasteiger partial charge on any atom is -0.493 e. The van der Waals surface area contributed by atoms with Gasteiger partial charge >= 0.3 is 5.97 Å². The number of carbonyl (C=O) groups is 1. The van der Waals surface area contributed by atoms with Gasteiger partial charge in [0.2, 0.25) is 0 Å². The number of benzene rings is 2. The number of aryl methyl sites for hydroxylation is 1. The second-order valence-electron chi connectivity index (χ2n) is 9.02. The SMILES string of the molecule is COc1ccc(-n2nncc2COc2cc(C)c3c(c2C)[C@@H]2OC(=O)[C@@H](C)[C@@H]2CC3)cc1OC. The molecule has 0 spiro atoms. The van der Waals surface area contributed by atoms with E-state index < -0.39 is 0 Å². The lowest BCUT2D eigenvalue weighted by atomic mass is 9.74. The molecule has 1 aromatic heterocycles. The molecular weight excluding hydrogens is 434 g/mol. The fraction of sp³-hybridized carbons (Fsp3) is 0.423. The van der Waals surface area contributed by atoms with Crippen LogP contribution in [0, 0.1) is 25.7 Å². The Hall–Kier alpha value is -3.55. The standard InChI is InChI=1S/C26H29N3O5/c1-14-10-22(16(3)24-19(14)7-8-20-15(2)26(30)34-25(20)24)33-13-18-12-27-28-29(18)17-6-9-21(31-4)23(11-17)32-5/h6,9-12,15,20,25H,7-8,13H2,1-5H3/t15-,20-,25+/m0/s1. The Morgan fingerprint density at radius 1 is 1.12 bits per heavy atom. The predicted octanol–water partition coefficient (Wildman–Crippen LogP) is 4.28. The highest BCUT2D eigenvalue weighted by Gasteiger charge is 2.46. The second-order valence-corrected chi connectivity index (χ2v) is 9.02. The van der Waals surface area contributed by atoms with Gasteiger partial charge in [-0.05, 0) is 61.6 Å². The van der Waals surface area contributed by atoms with Gasteiger partial charge in [-0.25, -0.2) is 4.68 Å². The van der Waals surface area contributed by atoms with Crippen LogP contribution in [-0.2, 0) is 22.6 Å². The van der Waals surface area contributed by atoms with E-state index in [4.69, 9.17) is 18.9 Å². The highest BCUT2D eigenvalue weighted by Crippen LogP contribution is 2.49. The highest BCUT2D eigenvalue weighted by atomic mass is 16.6. The molecule has 3 aromatic rings. The number of hydrogen-bond acceptors (Lipinski definition) is 7. The molecule has 34 heavy (non-hydrogen) atoms. The molecule has 2 aliphatic rings. The van der Waals surface area contributed by atoms with Crippen LogP contribution in [0.5, 0.6) is 17.2 Å². The van der Waals surface area contributed by atoms with Crippen LogP contribution in [0.3, 0.4) is 0 Å². The smallest absolute Gasteiger partial charge is 0.309 e. The number of methoxy groups -OCH3 is 2. The topological polar surface area (TPSA) is 84.7 Å². The Morgan fingerprint density at radius 2 is 1.91 bits per heavy atom. The van der Waals surface area contributed by atoms with Gasteiger partial charge in [0.1, 0.15) is 24.2 Å². The summed E-state index contributed by atoms with van der Waals surface area (Å²) < 4.78 is 24.6. The first-order valence-corrected chi connectivity index (χ1v) is 11.5. The van der Waals surface area contributed by atoms with Crippen molar-refractivity contribution in [2.45, 2.75) is 46.3 Å². The molecule has 0 radical (unpaired) electrons. The predicted molar refractivity (Wildman–Crippen MR) is 125 cm³/mol. The zero-order chi connectivity index (χ0) is 24.0. The number of nitrogens with zero attached hydrogens (tertiary/aromatic N) is 3.